The van der Waals surface area contributed by atoms with E-state index in [0.29, 0.717) is 0 Å². The molecule has 0 amide bonds. The molecule has 1 N–H and O–H groups in total. The van der Waals surface area contributed by atoms with E-state index in [4.69, 9.17) is 5.11 Å². The van der Waals surface area contributed by atoms with Gasteiger partial charge >= 0.3 is 0 Å². The number of rotatable bonds is 2. The van der Waals surface area contributed by atoms with Gasteiger partial charge in [0.15, 0.2) is 0 Å². The number of aliphatic hydroxyl groups is 1. The van der Waals surface area contributed by atoms with Gasteiger partial charge in [-0.15, -0.1) is 0 Å². The molecule has 0 heterocycles. The molecule has 2 heteroatoms. The van der Waals surface area contributed by atoms with Crippen molar-refractivity contribution in [3.63, 3.8) is 0 Å². The molecule has 0 saturated heterocycles. The molecule has 84 valence electrons. The molecule has 0 aromatic carbocycles. The molecule has 0 radical (unpaired) electrons. The van der Waals surface area contributed by atoms with Gasteiger partial charge in [0.1, 0.15) is 5.78 Å². The van der Waals surface area contributed by atoms with Crippen LogP contribution in [0.5, 0.6) is 0 Å². The zero-order valence-corrected chi connectivity index (χ0v) is 10.5. The molecule has 0 aliphatic carbocycles. The first-order valence-electron chi connectivity index (χ1n) is 5.07. The highest BCUT2D eigenvalue weighted by Crippen LogP contribution is 1.88. The minimum absolute atomic E-state index is 0.167. The molecule has 0 atom stereocenters. The van der Waals surface area contributed by atoms with E-state index in [9.17, 15) is 4.79 Å². The first kappa shape index (κ1) is 22.9. The van der Waals surface area contributed by atoms with Crippen LogP contribution in [0.4, 0.5) is 0 Å². The second-order valence-corrected chi connectivity index (χ2v) is 2.26. The summed E-state index contributed by atoms with van der Waals surface area (Å²) in [4.78, 5) is 9.44. The normalized spacial score (nSPS) is 6.15. The Labute approximate surface area is 84.4 Å². The van der Waals surface area contributed by atoms with E-state index in [0.717, 1.165) is 7.11 Å². The van der Waals surface area contributed by atoms with Crippen molar-refractivity contribution >= 4 is 5.78 Å². The summed E-state index contributed by atoms with van der Waals surface area (Å²) in [5, 5.41) is 7.00. The van der Waals surface area contributed by atoms with Gasteiger partial charge in [-0.25, -0.2) is 0 Å². The van der Waals surface area contributed by atoms with Crippen molar-refractivity contribution in [3.8, 4) is 0 Å². The first-order valence-corrected chi connectivity index (χ1v) is 5.07. The topological polar surface area (TPSA) is 37.3 Å². The summed E-state index contributed by atoms with van der Waals surface area (Å²) in [7, 11) is 1.00. The zero-order chi connectivity index (χ0) is 11.7. The molecule has 13 heavy (non-hydrogen) atoms. The summed E-state index contributed by atoms with van der Waals surface area (Å²) in [5.74, 6) is 0.167. The van der Waals surface area contributed by atoms with Gasteiger partial charge < -0.3 is 9.90 Å². The van der Waals surface area contributed by atoms with Gasteiger partial charge in [-0.05, 0) is 13.8 Å². The third kappa shape index (κ3) is 406. The van der Waals surface area contributed by atoms with Crippen LogP contribution in [0.1, 0.15) is 60.8 Å². The number of ketones is 1. The first-order chi connectivity index (χ1) is 6.15. The Morgan fingerprint density at radius 3 is 1.15 bits per heavy atom. The van der Waals surface area contributed by atoms with E-state index in [1.165, 1.54) is 33.1 Å². The van der Waals surface area contributed by atoms with Crippen LogP contribution in [0.3, 0.4) is 0 Å². The number of hydrogen-bond donors (Lipinski definition) is 1. The lowest BCUT2D eigenvalue weighted by Gasteiger charge is -1.79. The average molecular weight is 192 g/mol. The molecule has 0 aromatic rings. The van der Waals surface area contributed by atoms with Gasteiger partial charge in [0.05, 0.1) is 0 Å². The number of hydrogen-bond acceptors (Lipinski definition) is 2. The maximum absolute atomic E-state index is 9.44. The molecule has 0 saturated carbocycles. The lowest BCUT2D eigenvalue weighted by Crippen LogP contribution is -1.69. The Hall–Kier alpha value is -0.370. The van der Waals surface area contributed by atoms with Crippen LogP contribution in [0, 0.1) is 0 Å². The molecule has 0 aliphatic rings. The van der Waals surface area contributed by atoms with Gasteiger partial charge in [-0.2, -0.15) is 0 Å². The molecule has 0 unspecified atom stereocenters. The molecule has 0 rings (SSSR count). The maximum Gasteiger partial charge on any atom is 0.126 e. The summed E-state index contributed by atoms with van der Waals surface area (Å²) in [6.07, 6.45) is 4.08. The van der Waals surface area contributed by atoms with Gasteiger partial charge in [0.2, 0.25) is 0 Å². The number of unbranched alkanes of at least 4 members (excludes halogenated alkanes) is 2. The van der Waals surface area contributed by atoms with Gasteiger partial charge in [0, 0.05) is 7.11 Å². The van der Waals surface area contributed by atoms with Crippen molar-refractivity contribution in [2.45, 2.75) is 60.8 Å². The maximum atomic E-state index is 9.44. The van der Waals surface area contributed by atoms with Crippen molar-refractivity contribution in [2.75, 3.05) is 7.11 Å². The monoisotopic (exact) mass is 192 g/mol. The lowest BCUT2D eigenvalue weighted by atomic mass is 10.3. The smallest absolute Gasteiger partial charge is 0.126 e. The van der Waals surface area contributed by atoms with E-state index in [1.54, 1.807) is 0 Å². The third-order valence-electron chi connectivity index (χ3n) is 0.707. The highest BCUT2D eigenvalue weighted by atomic mass is 16.2. The van der Waals surface area contributed by atoms with Gasteiger partial charge in [0.25, 0.3) is 0 Å². The number of Topliss-reactive ketones (excluding diaryl/α,β-unsaturated/α-hetero) is 1. The zero-order valence-electron chi connectivity index (χ0n) is 10.5. The quantitative estimate of drug-likeness (QED) is 0.728. The van der Waals surface area contributed by atoms with Crippen molar-refractivity contribution < 1.29 is 9.90 Å². The summed E-state index contributed by atoms with van der Waals surface area (Å²) in [6, 6.07) is 0. The van der Waals surface area contributed by atoms with Crippen molar-refractivity contribution in [3.05, 3.63) is 0 Å². The summed E-state index contributed by atoms with van der Waals surface area (Å²) in [6.45, 7) is 11.5. The highest BCUT2D eigenvalue weighted by molar-refractivity contribution is 5.72. The number of carbonyl (C=O) groups excluding carboxylic acids is 1. The molecule has 2 nitrogen and oxygen atoms in total. The highest BCUT2D eigenvalue weighted by Gasteiger charge is 1.68. The lowest BCUT2D eigenvalue weighted by molar-refractivity contribution is -0.114. The molecule has 0 aliphatic heterocycles. The largest absolute Gasteiger partial charge is 0.400 e. The molecular weight excluding hydrogens is 164 g/mol. The second kappa shape index (κ2) is 41.5. The minimum Gasteiger partial charge on any atom is -0.400 e. The fraction of sp³-hybridized carbons (Fsp3) is 0.909. The molecule has 0 aromatic heterocycles. The average Bonchev–Trinajstić information content (AvgIpc) is 2.12. The Bertz CT molecular complexity index is 55.1. The SMILES string of the molecule is CC.CC(C)=O.CCCCC.CO. The van der Waals surface area contributed by atoms with Crippen LogP contribution in [-0.2, 0) is 4.79 Å². The van der Waals surface area contributed by atoms with E-state index >= 15 is 0 Å². The Morgan fingerprint density at radius 1 is 1.00 bits per heavy atom. The Morgan fingerprint density at radius 2 is 1.15 bits per heavy atom. The third-order valence-corrected chi connectivity index (χ3v) is 0.707. The van der Waals surface area contributed by atoms with Crippen LogP contribution in [0.25, 0.3) is 0 Å². The standard InChI is InChI=1S/C5H12.C3H6O.C2H6.CH4O/c1-3-5-4-2;1-3(2)4;2*1-2/h3-5H2,1-2H3;1-2H3;1-2H3;2H,1H3. The summed E-state index contributed by atoms with van der Waals surface area (Å²) < 4.78 is 0. The Balaban J connectivity index is -0.0000000457. The van der Waals surface area contributed by atoms with Gasteiger partial charge in [-0.3, -0.25) is 0 Å². The van der Waals surface area contributed by atoms with Crippen LogP contribution >= 0.6 is 0 Å². The summed E-state index contributed by atoms with van der Waals surface area (Å²) in [5.41, 5.74) is 0. The molecule has 0 fully saturated rings. The minimum atomic E-state index is 0.167. The van der Waals surface area contributed by atoms with E-state index in [-0.39, 0.29) is 5.78 Å². The Kier molecular flexibility index (Phi) is 73.2. The summed E-state index contributed by atoms with van der Waals surface area (Å²) >= 11 is 0. The van der Waals surface area contributed by atoms with E-state index < -0.39 is 0 Å². The van der Waals surface area contributed by atoms with Crippen molar-refractivity contribution in [1.82, 2.24) is 0 Å². The van der Waals surface area contributed by atoms with Crippen LogP contribution in [0.2, 0.25) is 0 Å². The van der Waals surface area contributed by atoms with Crippen LogP contribution in [0.15, 0.2) is 0 Å². The molecular formula is C11H28O2. The number of carbonyl (C=O) groups is 1. The molecule has 0 spiro atoms. The number of aliphatic hydroxyl groups excluding tert-OH is 1. The van der Waals surface area contributed by atoms with Crippen molar-refractivity contribution in [1.29, 1.82) is 0 Å². The predicted octanol–water partition coefficient (Wildman–Crippen LogP) is 3.43. The van der Waals surface area contributed by atoms with E-state index in [2.05, 4.69) is 13.8 Å². The van der Waals surface area contributed by atoms with E-state index in [1.807, 2.05) is 13.8 Å². The van der Waals surface area contributed by atoms with Crippen molar-refractivity contribution in [2.24, 2.45) is 0 Å². The fourth-order valence-corrected chi connectivity index (χ4v) is 0.354. The molecule has 0 bridgehead atoms. The second-order valence-electron chi connectivity index (χ2n) is 2.26. The van der Waals surface area contributed by atoms with Crippen LogP contribution < -0.4 is 0 Å². The predicted molar refractivity (Wildman–Crippen MR) is 61.0 cm³/mol. The fourth-order valence-electron chi connectivity index (χ4n) is 0.354. The van der Waals surface area contributed by atoms with Crippen LogP contribution in [-0.4, -0.2) is 18.0 Å². The van der Waals surface area contributed by atoms with Gasteiger partial charge in [-0.1, -0.05) is 47.0 Å².